The Hall–Kier alpha value is -0.883. The molecule has 0 saturated heterocycles. The fourth-order valence-electron chi connectivity index (χ4n) is 1.65. The van der Waals surface area contributed by atoms with Crippen molar-refractivity contribution in [2.24, 2.45) is 0 Å². The number of rotatable bonds is 7. The maximum absolute atomic E-state index is 9.54. The maximum Gasteiger partial charge on any atom is 0.192 e. The van der Waals surface area contributed by atoms with Gasteiger partial charge in [0.2, 0.25) is 0 Å². The van der Waals surface area contributed by atoms with E-state index in [2.05, 4.69) is 39.3 Å². The van der Waals surface area contributed by atoms with Crippen molar-refractivity contribution in [1.29, 1.82) is 0 Å². The Kier molecular flexibility index (Phi) is 6.40. The van der Waals surface area contributed by atoms with Crippen molar-refractivity contribution in [3.8, 4) is 0 Å². The van der Waals surface area contributed by atoms with Gasteiger partial charge in [-0.1, -0.05) is 39.0 Å². The van der Waals surface area contributed by atoms with Crippen molar-refractivity contribution < 1.29 is 14.4 Å². The summed E-state index contributed by atoms with van der Waals surface area (Å²) in [6.07, 6.45) is -0.577. The zero-order valence-corrected chi connectivity index (χ0v) is 15.0. The van der Waals surface area contributed by atoms with Crippen LogP contribution in [-0.4, -0.2) is 32.2 Å². The van der Waals surface area contributed by atoms with Gasteiger partial charge in [0.1, 0.15) is 6.10 Å². The summed E-state index contributed by atoms with van der Waals surface area (Å²) < 4.78 is 6.26. The molecule has 0 spiro atoms. The number of para-hydroxylation sites is 1. The number of aliphatic hydroxyl groups excluding tert-OH is 1. The Bertz CT molecular complexity index is 417. The molecular weight excluding hydrogens is 282 g/mol. The molecule has 0 aliphatic rings. The van der Waals surface area contributed by atoms with Crippen LogP contribution in [0.4, 0.5) is 5.69 Å². The van der Waals surface area contributed by atoms with E-state index in [1.165, 1.54) is 0 Å². The first kappa shape index (κ1) is 18.2. The minimum atomic E-state index is -1.87. The van der Waals surface area contributed by atoms with Crippen LogP contribution in [0.3, 0.4) is 0 Å². The lowest BCUT2D eigenvalue weighted by Gasteiger charge is -2.39. The van der Waals surface area contributed by atoms with Crippen LogP contribution in [0.2, 0.25) is 18.1 Å². The number of hydrogen-bond acceptors (Lipinski definition) is 4. The second-order valence-corrected chi connectivity index (χ2v) is 11.6. The minimum absolute atomic E-state index is 0.0877. The molecule has 0 heterocycles. The smallest absolute Gasteiger partial charge is 0.192 e. The standard InChI is InChI=1S/C16H29NO3Si/c1-13(20-21(5,6)16(2,3)4)15(12-18)19-17-14-10-8-7-9-11-14/h7-11,13,15,17-18H,12H2,1-6H3/t13-,15+/m0/s1. The lowest BCUT2D eigenvalue weighted by molar-refractivity contribution is -0.0282. The average molecular weight is 311 g/mol. The molecule has 0 aromatic heterocycles. The largest absolute Gasteiger partial charge is 0.411 e. The highest BCUT2D eigenvalue weighted by Crippen LogP contribution is 2.37. The lowest BCUT2D eigenvalue weighted by Crippen LogP contribution is -2.47. The van der Waals surface area contributed by atoms with E-state index in [9.17, 15) is 5.11 Å². The number of anilines is 1. The molecule has 1 aromatic carbocycles. The molecule has 0 bridgehead atoms. The van der Waals surface area contributed by atoms with Crippen LogP contribution in [0, 0.1) is 0 Å². The Morgan fingerprint density at radius 1 is 1.19 bits per heavy atom. The molecule has 4 nitrogen and oxygen atoms in total. The van der Waals surface area contributed by atoms with E-state index in [-0.39, 0.29) is 17.7 Å². The summed E-state index contributed by atoms with van der Waals surface area (Å²) in [5, 5.41) is 9.68. The van der Waals surface area contributed by atoms with Gasteiger partial charge in [0.05, 0.1) is 18.4 Å². The molecule has 0 fully saturated rings. The zero-order valence-electron chi connectivity index (χ0n) is 14.0. The van der Waals surface area contributed by atoms with Crippen molar-refractivity contribution in [1.82, 2.24) is 0 Å². The van der Waals surface area contributed by atoms with Crippen LogP contribution < -0.4 is 5.48 Å². The van der Waals surface area contributed by atoms with Gasteiger partial charge in [-0.25, -0.2) is 0 Å². The van der Waals surface area contributed by atoms with E-state index in [0.29, 0.717) is 0 Å². The Morgan fingerprint density at radius 3 is 2.24 bits per heavy atom. The highest BCUT2D eigenvalue weighted by atomic mass is 28.4. The molecule has 0 radical (unpaired) electrons. The molecule has 21 heavy (non-hydrogen) atoms. The van der Waals surface area contributed by atoms with Crippen LogP contribution in [-0.2, 0) is 9.26 Å². The molecule has 2 N–H and O–H groups in total. The van der Waals surface area contributed by atoms with Crippen molar-refractivity contribution in [3.05, 3.63) is 30.3 Å². The summed E-state index contributed by atoms with van der Waals surface area (Å²) >= 11 is 0. The fourth-order valence-corrected chi connectivity index (χ4v) is 3.08. The summed E-state index contributed by atoms with van der Waals surface area (Å²) in [6.45, 7) is 12.9. The van der Waals surface area contributed by atoms with Crippen molar-refractivity contribution in [2.75, 3.05) is 12.1 Å². The van der Waals surface area contributed by atoms with Crippen LogP contribution >= 0.6 is 0 Å². The van der Waals surface area contributed by atoms with Crippen molar-refractivity contribution >= 4 is 14.0 Å². The van der Waals surface area contributed by atoms with E-state index in [0.717, 1.165) is 5.69 Å². The SMILES string of the molecule is C[C@H](O[Si](C)(C)C(C)(C)C)[C@@H](CO)ONc1ccccc1. The molecule has 0 saturated carbocycles. The van der Waals surface area contributed by atoms with Crippen molar-refractivity contribution in [3.63, 3.8) is 0 Å². The average Bonchev–Trinajstić information content (AvgIpc) is 2.38. The molecule has 0 amide bonds. The number of benzene rings is 1. The molecule has 2 atom stereocenters. The number of nitrogens with one attached hydrogen (secondary N) is 1. The first-order chi connectivity index (χ1) is 9.67. The van der Waals surface area contributed by atoms with Crippen LogP contribution in [0.15, 0.2) is 30.3 Å². The second-order valence-electron chi connectivity index (χ2n) is 6.89. The summed E-state index contributed by atoms with van der Waals surface area (Å²) in [5.74, 6) is 0. The molecule has 1 aromatic rings. The third-order valence-corrected chi connectivity index (χ3v) is 8.67. The van der Waals surface area contributed by atoms with Crippen LogP contribution in [0.25, 0.3) is 0 Å². The second kappa shape index (κ2) is 7.40. The fraction of sp³-hybridized carbons (Fsp3) is 0.625. The number of hydrogen-bond donors (Lipinski definition) is 2. The van der Waals surface area contributed by atoms with Gasteiger partial charge in [0, 0.05) is 0 Å². The van der Waals surface area contributed by atoms with E-state index < -0.39 is 14.4 Å². The van der Waals surface area contributed by atoms with Gasteiger partial charge in [-0.2, -0.15) is 0 Å². The third-order valence-electron chi connectivity index (χ3n) is 4.09. The van der Waals surface area contributed by atoms with Gasteiger partial charge in [-0.05, 0) is 37.2 Å². The van der Waals surface area contributed by atoms with Gasteiger partial charge >= 0.3 is 0 Å². The highest BCUT2D eigenvalue weighted by Gasteiger charge is 2.39. The van der Waals surface area contributed by atoms with Gasteiger partial charge in [0.25, 0.3) is 0 Å². The molecule has 120 valence electrons. The predicted molar refractivity (Wildman–Crippen MR) is 89.8 cm³/mol. The first-order valence-electron chi connectivity index (χ1n) is 7.43. The topological polar surface area (TPSA) is 50.7 Å². The first-order valence-corrected chi connectivity index (χ1v) is 10.3. The normalized spacial score (nSPS) is 15.6. The van der Waals surface area contributed by atoms with E-state index in [4.69, 9.17) is 9.26 Å². The van der Waals surface area contributed by atoms with E-state index >= 15 is 0 Å². The minimum Gasteiger partial charge on any atom is -0.411 e. The highest BCUT2D eigenvalue weighted by molar-refractivity contribution is 6.74. The molecule has 5 heteroatoms. The Morgan fingerprint density at radius 2 is 1.76 bits per heavy atom. The van der Waals surface area contributed by atoms with Gasteiger partial charge in [-0.3, -0.25) is 10.3 Å². The van der Waals surface area contributed by atoms with Gasteiger partial charge in [-0.15, -0.1) is 0 Å². The van der Waals surface area contributed by atoms with Gasteiger partial charge in [0.15, 0.2) is 8.32 Å². The monoisotopic (exact) mass is 311 g/mol. The van der Waals surface area contributed by atoms with Crippen LogP contribution in [0.5, 0.6) is 0 Å². The summed E-state index contributed by atoms with van der Waals surface area (Å²) in [7, 11) is -1.87. The third kappa shape index (κ3) is 5.43. The molecule has 1 rings (SSSR count). The van der Waals surface area contributed by atoms with E-state index in [1.54, 1.807) is 0 Å². The zero-order chi connectivity index (χ0) is 16.1. The Balaban J connectivity index is 2.59. The van der Waals surface area contributed by atoms with Crippen molar-refractivity contribution in [2.45, 2.75) is 58.0 Å². The maximum atomic E-state index is 9.54. The molecular formula is C16H29NO3Si. The van der Waals surface area contributed by atoms with Crippen LogP contribution in [0.1, 0.15) is 27.7 Å². The molecule has 0 unspecified atom stereocenters. The number of aliphatic hydroxyl groups is 1. The molecule has 0 aliphatic carbocycles. The lowest BCUT2D eigenvalue weighted by atomic mass is 10.2. The predicted octanol–water partition coefficient (Wildman–Crippen LogP) is 3.80. The summed E-state index contributed by atoms with van der Waals surface area (Å²) in [6, 6.07) is 9.61. The Labute approximate surface area is 129 Å². The summed E-state index contributed by atoms with van der Waals surface area (Å²) in [5.41, 5.74) is 3.73. The molecule has 0 aliphatic heterocycles. The quantitative estimate of drug-likeness (QED) is 0.594. The van der Waals surface area contributed by atoms with Gasteiger partial charge < -0.3 is 9.53 Å². The summed E-state index contributed by atoms with van der Waals surface area (Å²) in [4.78, 5) is 5.59. The van der Waals surface area contributed by atoms with E-state index in [1.807, 2.05) is 37.3 Å².